The highest BCUT2D eigenvalue weighted by Gasteiger charge is 2.38. The van der Waals surface area contributed by atoms with Gasteiger partial charge >= 0.3 is 0 Å². The van der Waals surface area contributed by atoms with Crippen molar-refractivity contribution in [3.8, 4) is 0 Å². The summed E-state index contributed by atoms with van der Waals surface area (Å²) in [4.78, 5) is 7.34. The fourth-order valence-electron chi connectivity index (χ4n) is 3.46. The van der Waals surface area contributed by atoms with E-state index >= 15 is 0 Å². The summed E-state index contributed by atoms with van der Waals surface area (Å²) in [6, 6.07) is 10.7. The maximum atomic E-state index is 9.52. The van der Waals surface area contributed by atoms with Crippen molar-refractivity contribution in [1.82, 2.24) is 9.80 Å². The highest BCUT2D eigenvalue weighted by Crippen LogP contribution is 2.27. The summed E-state index contributed by atoms with van der Waals surface area (Å²) in [6.07, 6.45) is 0. The molecule has 128 valence electrons. The lowest BCUT2D eigenvalue weighted by Crippen LogP contribution is -2.54. The van der Waals surface area contributed by atoms with Gasteiger partial charge in [-0.2, -0.15) is 0 Å². The zero-order valence-corrected chi connectivity index (χ0v) is 14.2. The number of hydrogen-bond donors (Lipinski definition) is 1. The first-order valence-corrected chi connectivity index (χ1v) is 8.60. The summed E-state index contributed by atoms with van der Waals surface area (Å²) in [6.45, 7) is 9.14. The molecule has 1 aromatic rings. The number of anilines is 1. The van der Waals surface area contributed by atoms with E-state index in [1.165, 1.54) is 5.69 Å². The monoisotopic (exact) mass is 319 g/mol. The number of rotatable bonds is 7. The van der Waals surface area contributed by atoms with Gasteiger partial charge in [-0.1, -0.05) is 18.2 Å². The lowest BCUT2D eigenvalue weighted by atomic mass is 9.86. The molecule has 2 saturated heterocycles. The lowest BCUT2D eigenvalue weighted by Gasteiger charge is -2.43. The molecule has 1 aromatic carbocycles. The molecule has 0 spiro atoms. The van der Waals surface area contributed by atoms with Gasteiger partial charge in [0.1, 0.15) is 0 Å². The number of hydrogen-bond acceptors (Lipinski definition) is 5. The minimum atomic E-state index is -0.0131. The molecule has 0 saturated carbocycles. The largest absolute Gasteiger partial charge is 0.396 e. The normalized spacial score (nSPS) is 21.4. The molecule has 0 amide bonds. The summed E-state index contributed by atoms with van der Waals surface area (Å²) in [5, 5.41) is 9.52. The van der Waals surface area contributed by atoms with Gasteiger partial charge in [0, 0.05) is 51.5 Å². The quantitative estimate of drug-likeness (QED) is 0.803. The Morgan fingerprint density at radius 1 is 1.13 bits per heavy atom. The molecule has 5 nitrogen and oxygen atoms in total. The Balaban J connectivity index is 1.37. The van der Waals surface area contributed by atoms with Crippen molar-refractivity contribution in [3.05, 3.63) is 30.3 Å². The molecule has 0 aliphatic carbocycles. The van der Waals surface area contributed by atoms with Crippen LogP contribution in [-0.2, 0) is 4.74 Å². The molecule has 3 rings (SSSR count). The molecule has 2 fully saturated rings. The van der Waals surface area contributed by atoms with Crippen LogP contribution in [0.15, 0.2) is 30.3 Å². The summed E-state index contributed by atoms with van der Waals surface area (Å²) >= 11 is 0. The van der Waals surface area contributed by atoms with Crippen molar-refractivity contribution in [2.24, 2.45) is 5.41 Å². The summed E-state index contributed by atoms with van der Waals surface area (Å²) < 4.78 is 5.28. The van der Waals surface area contributed by atoms with Crippen LogP contribution in [0, 0.1) is 5.41 Å². The van der Waals surface area contributed by atoms with Gasteiger partial charge in [-0.25, -0.2) is 0 Å². The molecule has 5 heteroatoms. The summed E-state index contributed by atoms with van der Waals surface area (Å²) in [5.41, 5.74) is 1.32. The van der Waals surface area contributed by atoms with Crippen LogP contribution in [0.5, 0.6) is 0 Å². The fraction of sp³-hybridized carbons (Fsp3) is 0.667. The van der Waals surface area contributed by atoms with Crippen LogP contribution in [0.2, 0.25) is 0 Å². The molecule has 0 atom stereocenters. The number of aliphatic hydroxyl groups excluding tert-OH is 1. The van der Waals surface area contributed by atoms with Gasteiger partial charge in [0.05, 0.1) is 25.2 Å². The third-order valence-electron chi connectivity index (χ3n) is 5.05. The van der Waals surface area contributed by atoms with E-state index in [9.17, 15) is 5.11 Å². The molecule has 2 aliphatic heterocycles. The number of para-hydroxylation sites is 1. The van der Waals surface area contributed by atoms with E-state index in [4.69, 9.17) is 4.74 Å². The first kappa shape index (κ1) is 16.7. The van der Waals surface area contributed by atoms with Crippen LogP contribution in [-0.4, -0.2) is 87.6 Å². The third kappa shape index (κ3) is 4.23. The van der Waals surface area contributed by atoms with Gasteiger partial charge in [-0.3, -0.25) is 4.90 Å². The molecule has 0 bridgehead atoms. The Kier molecular flexibility index (Phi) is 5.54. The average molecular weight is 319 g/mol. The first-order valence-electron chi connectivity index (χ1n) is 8.60. The number of ether oxygens (including phenoxy) is 1. The lowest BCUT2D eigenvalue weighted by molar-refractivity contribution is -0.146. The van der Waals surface area contributed by atoms with Crippen molar-refractivity contribution in [2.75, 3.05) is 77.6 Å². The van der Waals surface area contributed by atoms with E-state index in [1.54, 1.807) is 0 Å². The Labute approximate surface area is 139 Å². The molecule has 0 aromatic heterocycles. The number of piperazine rings is 1. The second kappa shape index (κ2) is 7.62. The highest BCUT2D eigenvalue weighted by atomic mass is 16.5. The van der Waals surface area contributed by atoms with Gasteiger partial charge in [0.25, 0.3) is 0 Å². The van der Waals surface area contributed by atoms with Crippen molar-refractivity contribution >= 4 is 5.69 Å². The molecule has 1 N–H and O–H groups in total. The zero-order valence-electron chi connectivity index (χ0n) is 14.2. The molecule has 0 radical (unpaired) electrons. The topological polar surface area (TPSA) is 39.2 Å². The van der Waals surface area contributed by atoms with Crippen LogP contribution < -0.4 is 4.90 Å². The smallest absolute Gasteiger partial charge is 0.0579 e. The van der Waals surface area contributed by atoms with Crippen LogP contribution >= 0.6 is 0 Å². The fourth-order valence-corrected chi connectivity index (χ4v) is 3.46. The van der Waals surface area contributed by atoms with Crippen LogP contribution in [0.3, 0.4) is 0 Å². The van der Waals surface area contributed by atoms with Crippen molar-refractivity contribution < 1.29 is 9.84 Å². The van der Waals surface area contributed by atoms with Crippen molar-refractivity contribution in [2.45, 2.75) is 0 Å². The zero-order chi connectivity index (χ0) is 16.1. The van der Waals surface area contributed by atoms with Gasteiger partial charge in [0.2, 0.25) is 0 Å². The second-order valence-corrected chi connectivity index (χ2v) is 7.05. The van der Waals surface area contributed by atoms with Crippen molar-refractivity contribution in [1.29, 1.82) is 0 Å². The van der Waals surface area contributed by atoms with Gasteiger partial charge in [-0.05, 0) is 19.2 Å². The standard InChI is InChI=1S/C18H29N3O2/c1-19(13-18(14-22)15-23-16-18)7-8-20-9-11-21(12-10-20)17-5-3-2-4-6-17/h2-6,22H,7-16H2,1H3. The van der Waals surface area contributed by atoms with Crippen LogP contribution in [0.25, 0.3) is 0 Å². The van der Waals surface area contributed by atoms with Gasteiger partial charge < -0.3 is 19.6 Å². The molecule has 23 heavy (non-hydrogen) atoms. The summed E-state index contributed by atoms with van der Waals surface area (Å²) in [5.74, 6) is 0. The van der Waals surface area contributed by atoms with E-state index < -0.39 is 0 Å². The molecule has 2 aliphatic rings. The SMILES string of the molecule is CN(CCN1CCN(c2ccccc2)CC1)CC1(CO)COC1. The number of likely N-dealkylation sites (N-methyl/N-ethyl adjacent to an activating group) is 1. The summed E-state index contributed by atoms with van der Waals surface area (Å²) in [7, 11) is 2.15. The van der Waals surface area contributed by atoms with Gasteiger partial charge in [0.15, 0.2) is 0 Å². The van der Waals surface area contributed by atoms with E-state index in [0.717, 1.165) is 45.8 Å². The Morgan fingerprint density at radius 2 is 1.83 bits per heavy atom. The predicted octanol–water partition coefficient (Wildman–Crippen LogP) is 0.749. The van der Waals surface area contributed by atoms with E-state index in [0.29, 0.717) is 13.2 Å². The Morgan fingerprint density at radius 3 is 2.39 bits per heavy atom. The van der Waals surface area contributed by atoms with Crippen LogP contribution in [0.1, 0.15) is 0 Å². The number of aliphatic hydroxyl groups is 1. The molecular weight excluding hydrogens is 290 g/mol. The van der Waals surface area contributed by atoms with E-state index in [-0.39, 0.29) is 12.0 Å². The average Bonchev–Trinajstić information content (AvgIpc) is 2.57. The highest BCUT2D eigenvalue weighted by molar-refractivity contribution is 5.46. The minimum absolute atomic E-state index is 0.0131. The van der Waals surface area contributed by atoms with E-state index in [1.807, 2.05) is 0 Å². The molecule has 0 unspecified atom stereocenters. The maximum Gasteiger partial charge on any atom is 0.0579 e. The molecule has 2 heterocycles. The van der Waals surface area contributed by atoms with Gasteiger partial charge in [-0.15, -0.1) is 0 Å². The maximum absolute atomic E-state index is 9.52. The Hall–Kier alpha value is -1.14. The van der Waals surface area contributed by atoms with Crippen molar-refractivity contribution in [3.63, 3.8) is 0 Å². The predicted molar refractivity (Wildman–Crippen MR) is 92.9 cm³/mol. The second-order valence-electron chi connectivity index (χ2n) is 7.05. The number of benzene rings is 1. The molecular formula is C18H29N3O2. The Bertz CT molecular complexity index is 465. The minimum Gasteiger partial charge on any atom is -0.396 e. The van der Waals surface area contributed by atoms with E-state index in [2.05, 4.69) is 52.1 Å². The third-order valence-corrected chi connectivity index (χ3v) is 5.05. The van der Waals surface area contributed by atoms with Crippen LogP contribution in [0.4, 0.5) is 5.69 Å². The number of nitrogens with zero attached hydrogens (tertiary/aromatic N) is 3. The first-order chi connectivity index (χ1) is 11.2.